The number of hydrogen-bond donors (Lipinski definition) is 2. The minimum Gasteiger partial charge on any atom is -0.444 e. The summed E-state index contributed by atoms with van der Waals surface area (Å²) in [5, 5.41) is 13.3. The predicted molar refractivity (Wildman–Crippen MR) is 103 cm³/mol. The fraction of sp³-hybridized carbons (Fsp3) is 0.500. The maximum atomic E-state index is 12.7. The summed E-state index contributed by atoms with van der Waals surface area (Å²) in [6.45, 7) is 7.08. The van der Waals surface area contributed by atoms with Crippen LogP contribution < -0.4 is 5.32 Å². The fourth-order valence-electron chi connectivity index (χ4n) is 2.94. The second-order valence-corrected chi connectivity index (χ2v) is 8.06. The van der Waals surface area contributed by atoms with Crippen LogP contribution >= 0.6 is 11.6 Å². The highest BCUT2D eigenvalue weighted by atomic mass is 35.5. The van der Waals surface area contributed by atoms with Crippen molar-refractivity contribution in [3.05, 3.63) is 34.3 Å². The normalized spacial score (nSPS) is 20.7. The SMILES string of the molecule is C#Cc1ccc([C@@H](C)NC(=O)[C@@H]2C[C@@H](O)CN2C(=O)OC(C)(C)C)c(Cl)c1. The number of carbonyl (C=O) groups is 2. The van der Waals surface area contributed by atoms with E-state index in [-0.39, 0.29) is 18.9 Å². The molecule has 2 N–H and O–H groups in total. The summed E-state index contributed by atoms with van der Waals surface area (Å²) in [7, 11) is 0. The molecule has 0 saturated carbocycles. The Morgan fingerprint density at radius 1 is 1.44 bits per heavy atom. The predicted octanol–water partition coefficient (Wildman–Crippen LogP) is 2.87. The molecule has 0 radical (unpaired) electrons. The molecule has 146 valence electrons. The number of halogens is 1. The number of rotatable bonds is 3. The molecule has 0 aromatic heterocycles. The third-order valence-corrected chi connectivity index (χ3v) is 4.53. The van der Waals surface area contributed by atoms with Gasteiger partial charge in [-0.1, -0.05) is 23.6 Å². The Morgan fingerprint density at radius 2 is 2.11 bits per heavy atom. The number of likely N-dealkylation sites (tertiary alicyclic amines) is 1. The highest BCUT2D eigenvalue weighted by Gasteiger charge is 2.41. The van der Waals surface area contributed by atoms with Crippen LogP contribution in [0, 0.1) is 12.3 Å². The zero-order chi connectivity index (χ0) is 20.4. The van der Waals surface area contributed by atoms with Gasteiger partial charge in [0.25, 0.3) is 0 Å². The van der Waals surface area contributed by atoms with E-state index in [4.69, 9.17) is 22.8 Å². The molecule has 1 aliphatic rings. The molecule has 2 rings (SSSR count). The van der Waals surface area contributed by atoms with Crippen molar-refractivity contribution in [3.63, 3.8) is 0 Å². The summed E-state index contributed by atoms with van der Waals surface area (Å²) in [5.74, 6) is 2.13. The smallest absolute Gasteiger partial charge is 0.411 e. The Kier molecular flexibility index (Phi) is 6.40. The number of amides is 2. The van der Waals surface area contributed by atoms with E-state index in [1.54, 1.807) is 45.9 Å². The third-order valence-electron chi connectivity index (χ3n) is 4.20. The second kappa shape index (κ2) is 8.20. The van der Waals surface area contributed by atoms with Gasteiger partial charge in [0.2, 0.25) is 5.91 Å². The molecule has 3 atom stereocenters. The zero-order valence-corrected chi connectivity index (χ0v) is 16.7. The van der Waals surface area contributed by atoms with Gasteiger partial charge in [0, 0.05) is 17.0 Å². The van der Waals surface area contributed by atoms with Crippen molar-refractivity contribution in [2.75, 3.05) is 6.54 Å². The van der Waals surface area contributed by atoms with Gasteiger partial charge in [0.05, 0.1) is 18.7 Å². The van der Waals surface area contributed by atoms with Gasteiger partial charge < -0.3 is 15.2 Å². The number of terminal acetylenes is 1. The first-order valence-corrected chi connectivity index (χ1v) is 9.13. The maximum Gasteiger partial charge on any atom is 0.411 e. The lowest BCUT2D eigenvalue weighted by Gasteiger charge is -2.28. The summed E-state index contributed by atoms with van der Waals surface area (Å²) in [5.41, 5.74) is 0.675. The molecule has 1 aromatic carbocycles. The van der Waals surface area contributed by atoms with Crippen LogP contribution in [0.5, 0.6) is 0 Å². The van der Waals surface area contributed by atoms with Gasteiger partial charge in [-0.2, -0.15) is 0 Å². The van der Waals surface area contributed by atoms with Gasteiger partial charge in [-0.25, -0.2) is 4.79 Å². The Morgan fingerprint density at radius 3 is 2.67 bits per heavy atom. The molecular weight excluding hydrogens is 368 g/mol. The van der Waals surface area contributed by atoms with E-state index in [9.17, 15) is 14.7 Å². The van der Waals surface area contributed by atoms with Gasteiger partial charge >= 0.3 is 6.09 Å². The molecule has 1 heterocycles. The molecule has 0 unspecified atom stereocenters. The van der Waals surface area contributed by atoms with E-state index in [2.05, 4.69) is 11.2 Å². The first-order chi connectivity index (χ1) is 12.5. The molecule has 1 aliphatic heterocycles. The molecule has 0 spiro atoms. The van der Waals surface area contributed by atoms with Crippen molar-refractivity contribution in [2.45, 2.75) is 57.9 Å². The number of aliphatic hydroxyl groups is 1. The third kappa shape index (κ3) is 5.38. The summed E-state index contributed by atoms with van der Waals surface area (Å²) in [6.07, 6.45) is 4.11. The van der Waals surface area contributed by atoms with Gasteiger partial charge in [-0.05, 0) is 45.4 Å². The number of nitrogens with one attached hydrogen (secondary N) is 1. The number of nitrogens with zero attached hydrogens (tertiary/aromatic N) is 1. The summed E-state index contributed by atoms with van der Waals surface area (Å²) in [4.78, 5) is 26.4. The van der Waals surface area contributed by atoms with Crippen molar-refractivity contribution >= 4 is 23.6 Å². The van der Waals surface area contributed by atoms with E-state index in [1.807, 2.05) is 0 Å². The lowest BCUT2D eigenvalue weighted by atomic mass is 10.1. The average Bonchev–Trinajstić information content (AvgIpc) is 2.95. The van der Waals surface area contributed by atoms with Crippen LogP contribution in [0.1, 0.15) is 51.3 Å². The first kappa shape index (κ1) is 21.1. The number of β-amino-alcohol motifs (C(OH)–C–C–N with tert-alkyl or cyclic N) is 1. The number of ether oxygens (including phenoxy) is 1. The average molecular weight is 393 g/mol. The molecular formula is C20H25ClN2O4. The van der Waals surface area contributed by atoms with E-state index in [0.717, 1.165) is 0 Å². The maximum absolute atomic E-state index is 12.7. The van der Waals surface area contributed by atoms with Gasteiger partial charge in [0.15, 0.2) is 0 Å². The van der Waals surface area contributed by atoms with Crippen LogP contribution in [0.25, 0.3) is 0 Å². The summed E-state index contributed by atoms with van der Waals surface area (Å²) < 4.78 is 5.34. The molecule has 7 heteroatoms. The van der Waals surface area contributed by atoms with Gasteiger partial charge in [-0.3, -0.25) is 9.69 Å². The molecule has 6 nitrogen and oxygen atoms in total. The molecule has 0 aliphatic carbocycles. The summed E-state index contributed by atoms with van der Waals surface area (Å²) >= 11 is 6.25. The van der Waals surface area contributed by atoms with Crippen LogP contribution in [-0.4, -0.2) is 46.3 Å². The van der Waals surface area contributed by atoms with Gasteiger partial charge in [0.1, 0.15) is 11.6 Å². The molecule has 1 aromatic rings. The zero-order valence-electron chi connectivity index (χ0n) is 16.0. The minimum absolute atomic E-state index is 0.0546. The van der Waals surface area contributed by atoms with Crippen molar-refractivity contribution in [1.29, 1.82) is 0 Å². The van der Waals surface area contributed by atoms with Crippen LogP contribution in [0.2, 0.25) is 5.02 Å². The van der Waals surface area contributed by atoms with E-state index >= 15 is 0 Å². The van der Waals surface area contributed by atoms with Gasteiger partial charge in [-0.15, -0.1) is 6.42 Å². The van der Waals surface area contributed by atoms with E-state index in [0.29, 0.717) is 16.1 Å². The number of aliphatic hydroxyl groups excluding tert-OH is 1. The standard InChI is InChI=1S/C20H25ClN2O4/c1-6-13-7-8-15(16(21)9-13)12(2)22-18(25)17-10-14(24)11-23(17)19(26)27-20(3,4)5/h1,7-9,12,14,17,24H,10-11H2,2-5H3,(H,22,25)/t12-,14-,17+/m1/s1. The van der Waals surface area contributed by atoms with Crippen molar-refractivity contribution in [2.24, 2.45) is 0 Å². The van der Waals surface area contributed by atoms with Crippen LogP contribution in [0.15, 0.2) is 18.2 Å². The number of carbonyl (C=O) groups excluding carboxylic acids is 2. The Bertz CT molecular complexity index is 766. The van der Waals surface area contributed by atoms with Crippen molar-refractivity contribution < 1.29 is 19.4 Å². The second-order valence-electron chi connectivity index (χ2n) is 7.65. The molecule has 1 fully saturated rings. The quantitative estimate of drug-likeness (QED) is 0.775. The highest BCUT2D eigenvalue weighted by Crippen LogP contribution is 2.26. The topological polar surface area (TPSA) is 78.9 Å². The van der Waals surface area contributed by atoms with Crippen LogP contribution in [0.3, 0.4) is 0 Å². The number of hydrogen-bond acceptors (Lipinski definition) is 4. The molecule has 27 heavy (non-hydrogen) atoms. The van der Waals surface area contributed by atoms with Crippen molar-refractivity contribution in [3.8, 4) is 12.3 Å². The Balaban J connectivity index is 2.11. The number of benzene rings is 1. The minimum atomic E-state index is -0.805. The van der Waals surface area contributed by atoms with Crippen LogP contribution in [-0.2, 0) is 9.53 Å². The fourth-order valence-corrected chi connectivity index (χ4v) is 3.28. The van der Waals surface area contributed by atoms with Crippen LogP contribution in [0.4, 0.5) is 4.79 Å². The molecule has 2 amide bonds. The van der Waals surface area contributed by atoms with E-state index in [1.165, 1.54) is 4.90 Å². The highest BCUT2D eigenvalue weighted by molar-refractivity contribution is 6.31. The monoisotopic (exact) mass is 392 g/mol. The largest absolute Gasteiger partial charge is 0.444 e. The summed E-state index contributed by atoms with van der Waals surface area (Å²) in [6, 6.07) is 3.97. The first-order valence-electron chi connectivity index (χ1n) is 8.76. The van der Waals surface area contributed by atoms with Crippen molar-refractivity contribution in [1.82, 2.24) is 10.2 Å². The van der Waals surface area contributed by atoms with E-state index < -0.39 is 29.9 Å². The Labute approximate surface area is 164 Å². The Hall–Kier alpha value is -2.23. The lowest BCUT2D eigenvalue weighted by molar-refractivity contribution is -0.126. The lowest BCUT2D eigenvalue weighted by Crippen LogP contribution is -2.48. The molecule has 1 saturated heterocycles. The molecule has 0 bridgehead atoms.